The maximum atomic E-state index is 9.59. The SMILES string of the molecule is CCOC(c1ncc([C@@H](C)O)c(C)n1)C(C)(C)C. The maximum absolute atomic E-state index is 9.59. The van der Waals surface area contributed by atoms with Crippen LogP contribution in [0.1, 0.15) is 63.9 Å². The second kappa shape index (κ2) is 5.76. The Morgan fingerprint density at radius 3 is 2.39 bits per heavy atom. The summed E-state index contributed by atoms with van der Waals surface area (Å²) in [4.78, 5) is 8.83. The van der Waals surface area contributed by atoms with Crippen molar-refractivity contribution in [2.75, 3.05) is 6.61 Å². The second-order valence-electron chi connectivity index (χ2n) is 5.65. The Labute approximate surface area is 109 Å². The molecule has 0 bridgehead atoms. The zero-order valence-electron chi connectivity index (χ0n) is 12.2. The topological polar surface area (TPSA) is 55.2 Å². The van der Waals surface area contributed by atoms with Gasteiger partial charge in [-0.3, -0.25) is 0 Å². The summed E-state index contributed by atoms with van der Waals surface area (Å²) in [7, 11) is 0. The predicted octanol–water partition coefficient (Wildman–Crippen LogP) is 2.96. The molecule has 0 aliphatic carbocycles. The summed E-state index contributed by atoms with van der Waals surface area (Å²) in [5.74, 6) is 0.686. The first kappa shape index (κ1) is 15.1. The van der Waals surface area contributed by atoms with Gasteiger partial charge in [-0.1, -0.05) is 20.8 Å². The van der Waals surface area contributed by atoms with Crippen molar-refractivity contribution in [2.45, 2.75) is 53.8 Å². The Bertz CT molecular complexity index is 397. The molecule has 0 saturated carbocycles. The molecule has 0 aliphatic rings. The third-order valence-corrected chi connectivity index (χ3v) is 2.84. The van der Waals surface area contributed by atoms with Crippen molar-refractivity contribution < 1.29 is 9.84 Å². The number of hydrogen-bond acceptors (Lipinski definition) is 4. The first-order valence-corrected chi connectivity index (χ1v) is 6.40. The summed E-state index contributed by atoms with van der Waals surface area (Å²) in [6.45, 7) is 12.5. The van der Waals surface area contributed by atoms with Crippen LogP contribution < -0.4 is 0 Å². The molecule has 2 atom stereocenters. The fourth-order valence-electron chi connectivity index (χ4n) is 1.91. The summed E-state index contributed by atoms with van der Waals surface area (Å²) >= 11 is 0. The van der Waals surface area contributed by atoms with Gasteiger partial charge < -0.3 is 9.84 Å². The highest BCUT2D eigenvalue weighted by Gasteiger charge is 2.29. The molecule has 0 aliphatic heterocycles. The van der Waals surface area contributed by atoms with Crippen LogP contribution >= 0.6 is 0 Å². The van der Waals surface area contributed by atoms with Gasteiger partial charge in [0.05, 0.1) is 6.10 Å². The monoisotopic (exact) mass is 252 g/mol. The third-order valence-electron chi connectivity index (χ3n) is 2.84. The molecule has 4 heteroatoms. The Balaban J connectivity index is 3.11. The second-order valence-corrected chi connectivity index (χ2v) is 5.65. The van der Waals surface area contributed by atoms with E-state index in [1.165, 1.54) is 0 Å². The van der Waals surface area contributed by atoms with Crippen LogP contribution in [-0.2, 0) is 4.74 Å². The lowest BCUT2D eigenvalue weighted by molar-refractivity contribution is -0.0193. The van der Waals surface area contributed by atoms with E-state index < -0.39 is 6.10 Å². The minimum absolute atomic E-state index is 0.0607. The highest BCUT2D eigenvalue weighted by molar-refractivity contribution is 5.19. The smallest absolute Gasteiger partial charge is 0.157 e. The van der Waals surface area contributed by atoms with Crippen LogP contribution in [-0.4, -0.2) is 21.7 Å². The molecule has 102 valence electrons. The highest BCUT2D eigenvalue weighted by atomic mass is 16.5. The molecule has 0 amide bonds. The number of aliphatic hydroxyl groups excluding tert-OH is 1. The molecule has 1 rings (SSSR count). The molecule has 1 aromatic heterocycles. The number of rotatable bonds is 4. The highest BCUT2D eigenvalue weighted by Crippen LogP contribution is 2.34. The van der Waals surface area contributed by atoms with Crippen LogP contribution in [0.3, 0.4) is 0 Å². The van der Waals surface area contributed by atoms with Gasteiger partial charge >= 0.3 is 0 Å². The van der Waals surface area contributed by atoms with Crippen LogP contribution in [0.15, 0.2) is 6.20 Å². The Hall–Kier alpha value is -1.00. The predicted molar refractivity (Wildman–Crippen MR) is 71.2 cm³/mol. The van der Waals surface area contributed by atoms with Crippen LogP contribution in [0.5, 0.6) is 0 Å². The number of nitrogens with zero attached hydrogens (tertiary/aromatic N) is 2. The lowest BCUT2D eigenvalue weighted by Gasteiger charge is -2.29. The summed E-state index contributed by atoms with van der Waals surface area (Å²) in [5.41, 5.74) is 1.52. The Kier molecular flexibility index (Phi) is 4.82. The lowest BCUT2D eigenvalue weighted by atomic mass is 9.88. The summed E-state index contributed by atoms with van der Waals surface area (Å²) < 4.78 is 5.76. The maximum Gasteiger partial charge on any atom is 0.157 e. The summed E-state index contributed by atoms with van der Waals surface area (Å²) in [5, 5.41) is 9.59. The zero-order chi connectivity index (χ0) is 13.9. The van der Waals surface area contributed by atoms with E-state index >= 15 is 0 Å². The van der Waals surface area contributed by atoms with Gasteiger partial charge in [-0.15, -0.1) is 0 Å². The molecule has 0 saturated heterocycles. The van der Waals surface area contributed by atoms with Crippen molar-refractivity contribution in [3.8, 4) is 0 Å². The van der Waals surface area contributed by atoms with Gasteiger partial charge in [-0.05, 0) is 26.2 Å². The Morgan fingerprint density at radius 1 is 1.39 bits per heavy atom. The van der Waals surface area contributed by atoms with Gasteiger partial charge in [-0.25, -0.2) is 9.97 Å². The number of aromatic nitrogens is 2. The van der Waals surface area contributed by atoms with Crippen molar-refractivity contribution in [2.24, 2.45) is 5.41 Å². The molecule has 18 heavy (non-hydrogen) atoms. The fraction of sp³-hybridized carbons (Fsp3) is 0.714. The van der Waals surface area contributed by atoms with E-state index in [9.17, 15) is 5.11 Å². The van der Waals surface area contributed by atoms with Gasteiger partial charge in [0.1, 0.15) is 6.10 Å². The lowest BCUT2D eigenvalue weighted by Crippen LogP contribution is -2.24. The van der Waals surface area contributed by atoms with Gasteiger partial charge in [0.2, 0.25) is 0 Å². The Morgan fingerprint density at radius 2 is 2.00 bits per heavy atom. The average molecular weight is 252 g/mol. The summed E-state index contributed by atoms with van der Waals surface area (Å²) in [6, 6.07) is 0. The first-order valence-electron chi connectivity index (χ1n) is 6.40. The molecular weight excluding hydrogens is 228 g/mol. The van der Waals surface area contributed by atoms with E-state index in [1.54, 1.807) is 13.1 Å². The van der Waals surface area contributed by atoms with E-state index in [0.29, 0.717) is 12.4 Å². The molecule has 4 nitrogen and oxygen atoms in total. The van der Waals surface area contributed by atoms with Gasteiger partial charge in [0.15, 0.2) is 5.82 Å². The zero-order valence-corrected chi connectivity index (χ0v) is 12.2. The van der Waals surface area contributed by atoms with Crippen LogP contribution in [0.2, 0.25) is 0 Å². The van der Waals surface area contributed by atoms with Crippen molar-refractivity contribution in [3.63, 3.8) is 0 Å². The van der Waals surface area contributed by atoms with Crippen LogP contribution in [0.25, 0.3) is 0 Å². The number of aryl methyl sites for hydroxylation is 1. The van der Waals surface area contributed by atoms with Gasteiger partial charge in [0.25, 0.3) is 0 Å². The normalized spacial score (nSPS) is 15.5. The molecule has 0 radical (unpaired) electrons. The molecule has 0 aromatic carbocycles. The average Bonchev–Trinajstić information content (AvgIpc) is 2.23. The van der Waals surface area contributed by atoms with Gasteiger partial charge in [-0.2, -0.15) is 0 Å². The third kappa shape index (κ3) is 3.50. The van der Waals surface area contributed by atoms with E-state index in [-0.39, 0.29) is 11.5 Å². The molecular formula is C14H24N2O2. The minimum Gasteiger partial charge on any atom is -0.389 e. The number of aliphatic hydroxyl groups is 1. The molecule has 0 spiro atoms. The van der Waals surface area contributed by atoms with Gasteiger partial charge in [0, 0.05) is 24.1 Å². The molecule has 1 aromatic rings. The summed E-state index contributed by atoms with van der Waals surface area (Å²) in [6.07, 6.45) is 1.02. The van der Waals surface area contributed by atoms with E-state index in [4.69, 9.17) is 4.74 Å². The number of hydrogen-bond donors (Lipinski definition) is 1. The van der Waals surface area contributed by atoms with Crippen molar-refractivity contribution in [1.29, 1.82) is 0 Å². The fourth-order valence-corrected chi connectivity index (χ4v) is 1.91. The standard InChI is InChI=1S/C14H24N2O2/c1-7-18-12(14(4,5)6)13-15-8-11(10(3)17)9(2)16-13/h8,10,12,17H,7H2,1-6H3/t10-,12?/m1/s1. The molecule has 1 N–H and O–H groups in total. The van der Waals surface area contributed by atoms with Crippen molar-refractivity contribution >= 4 is 0 Å². The quantitative estimate of drug-likeness (QED) is 0.895. The van der Waals surface area contributed by atoms with Crippen molar-refractivity contribution in [1.82, 2.24) is 9.97 Å². The van der Waals surface area contributed by atoms with E-state index in [2.05, 4.69) is 30.7 Å². The number of ether oxygens (including phenoxy) is 1. The first-order chi connectivity index (χ1) is 8.27. The van der Waals surface area contributed by atoms with Crippen LogP contribution in [0, 0.1) is 12.3 Å². The molecule has 1 unspecified atom stereocenters. The molecule has 0 fully saturated rings. The largest absolute Gasteiger partial charge is 0.389 e. The minimum atomic E-state index is -0.542. The van der Waals surface area contributed by atoms with Crippen LogP contribution in [0.4, 0.5) is 0 Å². The molecule has 1 heterocycles. The van der Waals surface area contributed by atoms with E-state index in [1.807, 2.05) is 13.8 Å². The van der Waals surface area contributed by atoms with Crippen molar-refractivity contribution in [3.05, 3.63) is 23.3 Å². The van der Waals surface area contributed by atoms with E-state index in [0.717, 1.165) is 11.3 Å².